The van der Waals surface area contributed by atoms with Crippen LogP contribution in [0.3, 0.4) is 0 Å². The summed E-state index contributed by atoms with van der Waals surface area (Å²) in [5.74, 6) is 0.805. The SMILES string of the molecule is C=C(C)CN(CC)C(=O)CC1CCCNC1. The lowest BCUT2D eigenvalue weighted by molar-refractivity contribution is -0.131. The number of carbonyl (C=O) groups is 1. The molecule has 1 aliphatic rings. The highest BCUT2D eigenvalue weighted by Gasteiger charge is 2.19. The van der Waals surface area contributed by atoms with E-state index in [-0.39, 0.29) is 5.91 Å². The van der Waals surface area contributed by atoms with E-state index in [1.54, 1.807) is 0 Å². The number of likely N-dealkylation sites (N-methyl/N-ethyl adjacent to an activating group) is 1. The first-order valence-corrected chi connectivity index (χ1v) is 6.26. The van der Waals surface area contributed by atoms with Gasteiger partial charge in [-0.05, 0) is 45.7 Å². The first kappa shape index (κ1) is 13.2. The molecule has 0 aliphatic carbocycles. The van der Waals surface area contributed by atoms with Gasteiger partial charge in [0.15, 0.2) is 0 Å². The maximum atomic E-state index is 12.0. The smallest absolute Gasteiger partial charge is 0.223 e. The Kier molecular flexibility index (Phi) is 5.53. The monoisotopic (exact) mass is 224 g/mol. The number of nitrogens with zero attached hydrogens (tertiary/aromatic N) is 1. The van der Waals surface area contributed by atoms with Gasteiger partial charge in [0.2, 0.25) is 5.91 Å². The lowest BCUT2D eigenvalue weighted by atomic mass is 9.95. The van der Waals surface area contributed by atoms with E-state index in [0.29, 0.717) is 18.9 Å². The summed E-state index contributed by atoms with van der Waals surface area (Å²) in [5, 5.41) is 3.35. The molecule has 0 aromatic carbocycles. The molecule has 92 valence electrons. The fourth-order valence-corrected chi connectivity index (χ4v) is 2.18. The van der Waals surface area contributed by atoms with Crippen molar-refractivity contribution in [2.45, 2.75) is 33.1 Å². The van der Waals surface area contributed by atoms with Crippen LogP contribution in [0, 0.1) is 5.92 Å². The molecule has 16 heavy (non-hydrogen) atoms. The minimum atomic E-state index is 0.277. The standard InChI is InChI=1S/C13H24N2O/c1-4-15(10-11(2)3)13(16)8-12-6-5-7-14-9-12/h12,14H,2,4-10H2,1,3H3. The molecule has 1 unspecified atom stereocenters. The van der Waals surface area contributed by atoms with Gasteiger partial charge in [-0.25, -0.2) is 0 Å². The number of hydrogen-bond acceptors (Lipinski definition) is 2. The molecule has 1 N–H and O–H groups in total. The van der Waals surface area contributed by atoms with E-state index < -0.39 is 0 Å². The van der Waals surface area contributed by atoms with E-state index in [1.165, 1.54) is 12.8 Å². The zero-order valence-electron chi connectivity index (χ0n) is 10.6. The number of amides is 1. The lowest BCUT2D eigenvalue weighted by Gasteiger charge is -2.26. The quantitative estimate of drug-likeness (QED) is 0.722. The Labute approximate surface area is 98.9 Å². The predicted molar refractivity (Wildman–Crippen MR) is 67.3 cm³/mol. The van der Waals surface area contributed by atoms with Gasteiger partial charge in [0.25, 0.3) is 0 Å². The molecule has 1 fully saturated rings. The second-order valence-corrected chi connectivity index (χ2v) is 4.78. The van der Waals surface area contributed by atoms with Crippen molar-refractivity contribution in [1.29, 1.82) is 0 Å². The molecule has 1 rings (SSSR count). The van der Waals surface area contributed by atoms with Gasteiger partial charge in [0.05, 0.1) is 0 Å². The van der Waals surface area contributed by atoms with E-state index in [0.717, 1.165) is 25.2 Å². The van der Waals surface area contributed by atoms with Gasteiger partial charge in [-0.3, -0.25) is 4.79 Å². The molecule has 0 bridgehead atoms. The van der Waals surface area contributed by atoms with Gasteiger partial charge in [-0.15, -0.1) is 0 Å². The van der Waals surface area contributed by atoms with Crippen LogP contribution in [-0.2, 0) is 4.79 Å². The van der Waals surface area contributed by atoms with Crippen molar-refractivity contribution in [3.05, 3.63) is 12.2 Å². The average Bonchev–Trinajstić information content (AvgIpc) is 2.26. The molecule has 3 heteroatoms. The topological polar surface area (TPSA) is 32.3 Å². The molecule has 0 spiro atoms. The third-order valence-corrected chi connectivity index (χ3v) is 3.06. The summed E-state index contributed by atoms with van der Waals surface area (Å²) in [6, 6.07) is 0. The normalized spacial score (nSPS) is 20.5. The van der Waals surface area contributed by atoms with Gasteiger partial charge in [0.1, 0.15) is 0 Å². The first-order chi connectivity index (χ1) is 7.63. The summed E-state index contributed by atoms with van der Waals surface area (Å²) in [6.45, 7) is 11.5. The average molecular weight is 224 g/mol. The predicted octanol–water partition coefficient (Wildman–Crippen LogP) is 1.80. The van der Waals surface area contributed by atoms with Crippen molar-refractivity contribution in [3.8, 4) is 0 Å². The van der Waals surface area contributed by atoms with Crippen LogP contribution in [-0.4, -0.2) is 37.0 Å². The van der Waals surface area contributed by atoms with Crippen LogP contribution < -0.4 is 5.32 Å². The molecule has 0 aromatic rings. The maximum absolute atomic E-state index is 12.0. The molecule has 1 saturated heterocycles. The third-order valence-electron chi connectivity index (χ3n) is 3.06. The number of carbonyl (C=O) groups excluding carboxylic acids is 1. The summed E-state index contributed by atoms with van der Waals surface area (Å²) in [5.41, 5.74) is 1.05. The lowest BCUT2D eigenvalue weighted by Crippen LogP contribution is -2.37. The Morgan fingerprint density at radius 1 is 1.56 bits per heavy atom. The second-order valence-electron chi connectivity index (χ2n) is 4.78. The van der Waals surface area contributed by atoms with Crippen LogP contribution >= 0.6 is 0 Å². The molecule has 0 saturated carbocycles. The van der Waals surface area contributed by atoms with E-state index in [2.05, 4.69) is 11.9 Å². The molecule has 1 atom stereocenters. The van der Waals surface area contributed by atoms with Crippen LogP contribution in [0.25, 0.3) is 0 Å². The van der Waals surface area contributed by atoms with Crippen LogP contribution in [0.2, 0.25) is 0 Å². The van der Waals surface area contributed by atoms with Crippen LogP contribution in [0.4, 0.5) is 0 Å². The fraction of sp³-hybridized carbons (Fsp3) is 0.769. The van der Waals surface area contributed by atoms with Gasteiger partial charge in [0, 0.05) is 19.5 Å². The molecule has 1 aliphatic heterocycles. The van der Waals surface area contributed by atoms with Crippen molar-refractivity contribution < 1.29 is 4.79 Å². The molecular formula is C13H24N2O. The Balaban J connectivity index is 2.38. The van der Waals surface area contributed by atoms with Crippen molar-refractivity contribution >= 4 is 5.91 Å². The minimum absolute atomic E-state index is 0.277. The second kappa shape index (κ2) is 6.69. The highest BCUT2D eigenvalue weighted by atomic mass is 16.2. The molecule has 3 nitrogen and oxygen atoms in total. The zero-order valence-corrected chi connectivity index (χ0v) is 10.6. The zero-order chi connectivity index (χ0) is 12.0. The molecular weight excluding hydrogens is 200 g/mol. The molecule has 1 amide bonds. The van der Waals surface area contributed by atoms with E-state index in [4.69, 9.17) is 0 Å². The van der Waals surface area contributed by atoms with Crippen molar-refractivity contribution in [2.24, 2.45) is 5.92 Å². The van der Waals surface area contributed by atoms with Gasteiger partial charge in [-0.2, -0.15) is 0 Å². The van der Waals surface area contributed by atoms with Crippen LogP contribution in [0.5, 0.6) is 0 Å². The van der Waals surface area contributed by atoms with Crippen molar-refractivity contribution in [2.75, 3.05) is 26.2 Å². The molecule has 0 radical (unpaired) electrons. The van der Waals surface area contributed by atoms with Crippen molar-refractivity contribution in [3.63, 3.8) is 0 Å². The third kappa shape index (κ3) is 4.35. The number of piperidine rings is 1. The summed E-state index contributed by atoms with van der Waals surface area (Å²) < 4.78 is 0. The summed E-state index contributed by atoms with van der Waals surface area (Å²) >= 11 is 0. The largest absolute Gasteiger partial charge is 0.339 e. The van der Waals surface area contributed by atoms with Crippen molar-refractivity contribution in [1.82, 2.24) is 10.2 Å². The maximum Gasteiger partial charge on any atom is 0.223 e. The van der Waals surface area contributed by atoms with E-state index in [1.807, 2.05) is 18.7 Å². The fourth-order valence-electron chi connectivity index (χ4n) is 2.18. The van der Waals surface area contributed by atoms with Gasteiger partial charge < -0.3 is 10.2 Å². The Hall–Kier alpha value is -0.830. The molecule has 0 aromatic heterocycles. The van der Waals surface area contributed by atoms with E-state index in [9.17, 15) is 4.79 Å². The van der Waals surface area contributed by atoms with Gasteiger partial charge >= 0.3 is 0 Å². The summed E-state index contributed by atoms with van der Waals surface area (Å²) in [6.07, 6.45) is 3.07. The number of rotatable bonds is 5. The van der Waals surface area contributed by atoms with Crippen LogP contribution in [0.15, 0.2) is 12.2 Å². The highest BCUT2D eigenvalue weighted by Crippen LogP contribution is 2.15. The number of hydrogen-bond donors (Lipinski definition) is 1. The highest BCUT2D eigenvalue weighted by molar-refractivity contribution is 5.76. The van der Waals surface area contributed by atoms with E-state index >= 15 is 0 Å². The number of nitrogens with one attached hydrogen (secondary N) is 1. The molecule has 1 heterocycles. The van der Waals surface area contributed by atoms with Crippen LogP contribution in [0.1, 0.15) is 33.1 Å². The minimum Gasteiger partial charge on any atom is -0.339 e. The Morgan fingerprint density at radius 3 is 2.81 bits per heavy atom. The van der Waals surface area contributed by atoms with Gasteiger partial charge in [-0.1, -0.05) is 12.2 Å². The summed E-state index contributed by atoms with van der Waals surface area (Å²) in [4.78, 5) is 13.9. The first-order valence-electron chi connectivity index (χ1n) is 6.26. The summed E-state index contributed by atoms with van der Waals surface area (Å²) in [7, 11) is 0. The Bertz CT molecular complexity index is 244. The Morgan fingerprint density at radius 2 is 2.31 bits per heavy atom.